The van der Waals surface area contributed by atoms with Crippen LogP contribution < -0.4 is 5.32 Å². The van der Waals surface area contributed by atoms with Crippen LogP contribution in [-0.2, 0) is 20.1 Å². The molecule has 1 fully saturated rings. The third kappa shape index (κ3) is 6.47. The molecule has 30 heavy (non-hydrogen) atoms. The Morgan fingerprint density at radius 1 is 1.17 bits per heavy atom. The van der Waals surface area contributed by atoms with E-state index < -0.39 is 0 Å². The van der Waals surface area contributed by atoms with Gasteiger partial charge in [0.15, 0.2) is 11.8 Å². The second-order valence-corrected chi connectivity index (χ2v) is 8.87. The van der Waals surface area contributed by atoms with Crippen molar-refractivity contribution in [2.24, 2.45) is 12.0 Å². The number of hydrogen-bond acceptors (Lipinski definition) is 5. The van der Waals surface area contributed by atoms with Gasteiger partial charge in [0.05, 0.1) is 0 Å². The molecule has 1 aliphatic rings. The summed E-state index contributed by atoms with van der Waals surface area (Å²) in [5.41, 5.74) is 2.72. The van der Waals surface area contributed by atoms with Crippen molar-refractivity contribution in [2.75, 3.05) is 44.7 Å². The van der Waals surface area contributed by atoms with E-state index in [1.54, 1.807) is 0 Å². The fraction of sp³-hybridized carbons (Fsp3) is 0.591. The molecule has 1 N–H and O–H groups in total. The summed E-state index contributed by atoms with van der Waals surface area (Å²) < 4.78 is 2.01. The third-order valence-electron chi connectivity index (χ3n) is 5.52. The van der Waals surface area contributed by atoms with Gasteiger partial charge in [-0.3, -0.25) is 4.90 Å². The van der Waals surface area contributed by atoms with Gasteiger partial charge in [0.25, 0.3) is 0 Å². The molecule has 0 radical (unpaired) electrons. The number of guanidine groups is 1. The Morgan fingerprint density at radius 3 is 2.63 bits per heavy atom. The predicted molar refractivity (Wildman–Crippen MR) is 126 cm³/mol. The quantitative estimate of drug-likeness (QED) is 0.395. The summed E-state index contributed by atoms with van der Waals surface area (Å²) in [6.07, 6.45) is 3.29. The standard InChI is InChI=1S/C22H35N7S/c1-18-7-5-8-20(15-18)17-28-10-12-29(13-11-28)22(23-9-6-14-30-4)24-16-21-26-25-19(2)27(21)3/h5,7-8,15H,6,9-14,16-17H2,1-4H3,(H,23,24). The summed E-state index contributed by atoms with van der Waals surface area (Å²) in [7, 11) is 2.00. The minimum Gasteiger partial charge on any atom is -0.356 e. The number of thioether (sulfide) groups is 1. The van der Waals surface area contributed by atoms with Crippen LogP contribution in [0.5, 0.6) is 0 Å². The smallest absolute Gasteiger partial charge is 0.194 e. The summed E-state index contributed by atoms with van der Waals surface area (Å²) in [5.74, 6) is 3.97. The van der Waals surface area contributed by atoms with Crippen molar-refractivity contribution >= 4 is 17.7 Å². The maximum Gasteiger partial charge on any atom is 0.194 e. The largest absolute Gasteiger partial charge is 0.356 e. The maximum absolute atomic E-state index is 4.89. The van der Waals surface area contributed by atoms with Gasteiger partial charge in [-0.2, -0.15) is 11.8 Å². The number of nitrogens with zero attached hydrogens (tertiary/aromatic N) is 6. The topological polar surface area (TPSA) is 61.6 Å². The minimum absolute atomic E-state index is 0.547. The van der Waals surface area contributed by atoms with Crippen molar-refractivity contribution < 1.29 is 0 Å². The lowest BCUT2D eigenvalue weighted by Crippen LogP contribution is -2.52. The molecular weight excluding hydrogens is 394 g/mol. The lowest BCUT2D eigenvalue weighted by atomic mass is 10.1. The van der Waals surface area contributed by atoms with E-state index in [9.17, 15) is 0 Å². The fourth-order valence-corrected chi connectivity index (χ4v) is 4.04. The zero-order chi connectivity index (χ0) is 21.3. The Bertz CT molecular complexity index is 825. The Morgan fingerprint density at radius 2 is 1.97 bits per heavy atom. The van der Waals surface area contributed by atoms with E-state index in [-0.39, 0.29) is 0 Å². The highest BCUT2D eigenvalue weighted by Crippen LogP contribution is 2.11. The lowest BCUT2D eigenvalue weighted by Gasteiger charge is -2.36. The highest BCUT2D eigenvalue weighted by molar-refractivity contribution is 7.98. The summed E-state index contributed by atoms with van der Waals surface area (Å²) in [5, 5.41) is 12.0. The number of rotatable bonds is 8. The van der Waals surface area contributed by atoms with E-state index in [0.717, 1.165) is 69.1 Å². The number of benzene rings is 1. The summed E-state index contributed by atoms with van der Waals surface area (Å²) in [4.78, 5) is 9.81. The van der Waals surface area contributed by atoms with Crippen LogP contribution in [0.15, 0.2) is 29.3 Å². The first kappa shape index (κ1) is 22.6. The molecule has 0 spiro atoms. The average Bonchev–Trinajstić information content (AvgIpc) is 3.06. The molecule has 8 heteroatoms. The molecule has 2 aromatic rings. The van der Waals surface area contributed by atoms with E-state index in [1.807, 2.05) is 30.3 Å². The van der Waals surface area contributed by atoms with Crippen molar-refractivity contribution in [3.63, 3.8) is 0 Å². The molecule has 0 amide bonds. The van der Waals surface area contributed by atoms with Crippen molar-refractivity contribution in [1.29, 1.82) is 0 Å². The van der Waals surface area contributed by atoms with Gasteiger partial charge in [-0.05, 0) is 37.8 Å². The molecule has 1 saturated heterocycles. The third-order valence-corrected chi connectivity index (χ3v) is 6.22. The van der Waals surface area contributed by atoms with Gasteiger partial charge in [-0.15, -0.1) is 10.2 Å². The maximum atomic E-state index is 4.89. The van der Waals surface area contributed by atoms with Gasteiger partial charge in [0.2, 0.25) is 0 Å². The molecular formula is C22H35N7S. The molecule has 0 atom stereocenters. The van der Waals surface area contributed by atoms with Crippen LogP contribution in [0.4, 0.5) is 0 Å². The van der Waals surface area contributed by atoms with E-state index in [0.29, 0.717) is 6.54 Å². The number of hydrogen-bond donors (Lipinski definition) is 1. The van der Waals surface area contributed by atoms with Gasteiger partial charge >= 0.3 is 0 Å². The number of nitrogens with one attached hydrogen (secondary N) is 1. The van der Waals surface area contributed by atoms with Gasteiger partial charge < -0.3 is 14.8 Å². The van der Waals surface area contributed by atoms with E-state index in [4.69, 9.17) is 4.99 Å². The number of piperazine rings is 1. The van der Waals surface area contributed by atoms with Crippen molar-refractivity contribution in [1.82, 2.24) is 29.9 Å². The molecule has 0 aliphatic carbocycles. The van der Waals surface area contributed by atoms with Crippen LogP contribution in [0, 0.1) is 13.8 Å². The zero-order valence-corrected chi connectivity index (χ0v) is 19.6. The van der Waals surface area contributed by atoms with Crippen molar-refractivity contribution in [2.45, 2.75) is 33.4 Å². The first-order valence-corrected chi connectivity index (χ1v) is 12.1. The SMILES string of the molecule is CSCCCNC(=NCc1nnc(C)n1C)N1CCN(Cc2cccc(C)c2)CC1. The second-order valence-electron chi connectivity index (χ2n) is 7.89. The highest BCUT2D eigenvalue weighted by atomic mass is 32.2. The lowest BCUT2D eigenvalue weighted by molar-refractivity contribution is 0.172. The molecule has 3 rings (SSSR count). The molecule has 7 nitrogen and oxygen atoms in total. The Labute approximate surface area is 185 Å². The summed E-state index contributed by atoms with van der Waals surface area (Å²) in [6, 6.07) is 8.82. The van der Waals surface area contributed by atoms with Crippen LogP contribution in [-0.4, -0.2) is 75.3 Å². The van der Waals surface area contributed by atoms with E-state index in [2.05, 4.69) is 62.8 Å². The van der Waals surface area contributed by atoms with Crippen LogP contribution in [0.25, 0.3) is 0 Å². The van der Waals surface area contributed by atoms with E-state index >= 15 is 0 Å². The number of aryl methyl sites for hydroxylation is 2. The summed E-state index contributed by atoms with van der Waals surface area (Å²) >= 11 is 1.88. The molecule has 0 unspecified atom stereocenters. The Kier molecular flexibility index (Phi) is 8.57. The molecule has 1 aromatic heterocycles. The molecule has 0 bridgehead atoms. The van der Waals surface area contributed by atoms with Crippen molar-refractivity contribution in [3.05, 3.63) is 47.0 Å². The highest BCUT2D eigenvalue weighted by Gasteiger charge is 2.20. The van der Waals surface area contributed by atoms with Crippen molar-refractivity contribution in [3.8, 4) is 0 Å². The number of aliphatic imine (C=N–C) groups is 1. The molecule has 1 aromatic carbocycles. The van der Waals surface area contributed by atoms with Gasteiger partial charge in [0.1, 0.15) is 12.4 Å². The van der Waals surface area contributed by atoms with E-state index in [1.165, 1.54) is 11.1 Å². The Hall–Kier alpha value is -2.06. The molecule has 0 saturated carbocycles. The Balaban J connectivity index is 1.59. The minimum atomic E-state index is 0.547. The first-order chi connectivity index (χ1) is 14.6. The van der Waals surface area contributed by atoms with Gasteiger partial charge in [-0.25, -0.2) is 4.99 Å². The van der Waals surface area contributed by atoms with Crippen LogP contribution in [0.3, 0.4) is 0 Å². The average molecular weight is 430 g/mol. The van der Waals surface area contributed by atoms with Gasteiger partial charge in [0, 0.05) is 46.3 Å². The normalized spacial score (nSPS) is 15.6. The monoisotopic (exact) mass is 429 g/mol. The second kappa shape index (κ2) is 11.4. The molecule has 164 valence electrons. The summed E-state index contributed by atoms with van der Waals surface area (Å²) in [6.45, 7) is 10.7. The van der Waals surface area contributed by atoms with Crippen LogP contribution in [0.2, 0.25) is 0 Å². The predicted octanol–water partition coefficient (Wildman–Crippen LogP) is 2.45. The molecule has 2 heterocycles. The van der Waals surface area contributed by atoms with Gasteiger partial charge in [-0.1, -0.05) is 29.8 Å². The van der Waals surface area contributed by atoms with Crippen LogP contribution >= 0.6 is 11.8 Å². The first-order valence-electron chi connectivity index (χ1n) is 10.7. The molecule has 1 aliphatic heterocycles. The zero-order valence-electron chi connectivity index (χ0n) is 18.8. The fourth-order valence-electron chi connectivity index (χ4n) is 3.61. The van der Waals surface area contributed by atoms with Crippen LogP contribution in [0.1, 0.15) is 29.2 Å². The number of aromatic nitrogens is 3.